The zero-order chi connectivity index (χ0) is 21.3. The van der Waals surface area contributed by atoms with Crippen molar-refractivity contribution in [3.05, 3.63) is 130 Å². The first-order valence-electron chi connectivity index (χ1n) is 11.2. The Bertz CT molecular complexity index is 1240. The Morgan fingerprint density at radius 3 is 1.47 bits per heavy atom. The average Bonchev–Trinajstić information content (AvgIpc) is 3.30. The topological polar surface area (TPSA) is 0 Å². The summed E-state index contributed by atoms with van der Waals surface area (Å²) in [5.74, 6) is 0.720. The summed E-state index contributed by atoms with van der Waals surface area (Å²) in [6, 6.07) is 9.33. The van der Waals surface area contributed by atoms with Crippen molar-refractivity contribution in [2.75, 3.05) is 0 Å². The molecule has 0 radical (unpaired) electrons. The van der Waals surface area contributed by atoms with E-state index in [1.54, 1.807) is 0 Å². The van der Waals surface area contributed by atoms with E-state index in [2.05, 4.69) is 112 Å². The van der Waals surface area contributed by atoms with E-state index in [-0.39, 0.29) is 51.0 Å². The molecule has 0 nitrogen and oxygen atoms in total. The molecule has 4 heteroatoms. The van der Waals surface area contributed by atoms with Gasteiger partial charge in [0.05, 0.1) is 0 Å². The van der Waals surface area contributed by atoms with Gasteiger partial charge in [0.25, 0.3) is 0 Å². The standard InChI is InChI=1S/C30H26Si.2ClH.Zr/c1-19-13-15-25-23-11-7-5-9-21(23)17-27(25)29(19)31(3,4)30-20(2)14-16-26-24-12-8-6-10-22(24)18-28(26)30;;;/h5-16,23-24H,1-4H3;2*1H;/q-2;;;+4/p-2. The van der Waals surface area contributed by atoms with Crippen LogP contribution in [-0.4, -0.2) is 8.07 Å². The first-order chi connectivity index (χ1) is 15.0. The van der Waals surface area contributed by atoms with Gasteiger partial charge in [0, 0.05) is 8.07 Å². The minimum Gasteiger partial charge on any atom is -1.00 e. The fourth-order valence-electron chi connectivity index (χ4n) is 6.12. The van der Waals surface area contributed by atoms with Crippen molar-refractivity contribution in [1.29, 1.82) is 0 Å². The normalized spacial score (nSPS) is 20.1. The molecular weight excluding hydrogens is 551 g/mol. The number of fused-ring (bicyclic) bond motifs is 6. The molecule has 0 saturated heterocycles. The second kappa shape index (κ2) is 9.90. The Morgan fingerprint density at radius 1 is 0.647 bits per heavy atom. The summed E-state index contributed by atoms with van der Waals surface area (Å²) in [6.45, 7) is 9.63. The first kappa shape index (κ1) is 27.2. The van der Waals surface area contributed by atoms with Crippen molar-refractivity contribution in [1.82, 2.24) is 0 Å². The van der Waals surface area contributed by atoms with Gasteiger partial charge in [-0.05, 0) is 25.7 Å². The van der Waals surface area contributed by atoms with E-state index >= 15 is 0 Å². The van der Waals surface area contributed by atoms with Crippen LogP contribution in [0.25, 0.3) is 0 Å². The Hall–Kier alpha value is -1.44. The largest absolute Gasteiger partial charge is 4.00 e. The van der Waals surface area contributed by atoms with Gasteiger partial charge in [0.15, 0.2) is 0 Å². The van der Waals surface area contributed by atoms with Crippen LogP contribution in [0.2, 0.25) is 13.1 Å². The molecule has 6 rings (SSSR count). The molecule has 0 aliphatic heterocycles. The molecule has 4 aliphatic rings. The van der Waals surface area contributed by atoms with Crippen LogP contribution in [0.5, 0.6) is 0 Å². The zero-order valence-electron chi connectivity index (χ0n) is 19.8. The first-order valence-corrected chi connectivity index (χ1v) is 14.2. The van der Waals surface area contributed by atoms with Crippen LogP contribution in [0.4, 0.5) is 0 Å². The molecule has 0 saturated carbocycles. The van der Waals surface area contributed by atoms with Crippen LogP contribution in [0, 0.1) is 26.0 Å². The number of allylic oxidation sites excluding steroid dienone is 10. The van der Waals surface area contributed by atoms with Crippen molar-refractivity contribution in [2.24, 2.45) is 0 Å². The average molecular weight is 577 g/mol. The third-order valence-electron chi connectivity index (χ3n) is 7.40. The summed E-state index contributed by atoms with van der Waals surface area (Å²) in [6.07, 6.45) is 25.3. The Balaban J connectivity index is 0.00000108. The summed E-state index contributed by atoms with van der Waals surface area (Å²) >= 11 is 0. The molecule has 2 aromatic rings. The van der Waals surface area contributed by atoms with E-state index in [9.17, 15) is 0 Å². The molecule has 2 aromatic carbocycles. The molecule has 0 spiro atoms. The molecule has 0 heterocycles. The van der Waals surface area contributed by atoms with Crippen LogP contribution in [0.15, 0.2) is 84.0 Å². The number of halogens is 2. The van der Waals surface area contributed by atoms with E-state index in [0.29, 0.717) is 11.8 Å². The third kappa shape index (κ3) is 3.92. The summed E-state index contributed by atoms with van der Waals surface area (Å²) in [5, 5.41) is 3.08. The van der Waals surface area contributed by atoms with E-state index in [1.165, 1.54) is 54.9 Å². The van der Waals surface area contributed by atoms with Crippen molar-refractivity contribution < 1.29 is 51.0 Å². The number of aryl methyl sites for hydroxylation is 2. The molecule has 168 valence electrons. The molecule has 0 aromatic heterocycles. The van der Waals surface area contributed by atoms with Gasteiger partial charge in [0.2, 0.25) is 0 Å². The van der Waals surface area contributed by atoms with Crippen molar-refractivity contribution in [3.8, 4) is 0 Å². The fraction of sp³-hybridized carbons (Fsp3) is 0.200. The minimum atomic E-state index is -2.04. The van der Waals surface area contributed by atoms with Crippen molar-refractivity contribution >= 4 is 18.4 Å². The number of hydrogen-bond acceptors (Lipinski definition) is 0. The van der Waals surface area contributed by atoms with Gasteiger partial charge < -0.3 is 24.8 Å². The van der Waals surface area contributed by atoms with Gasteiger partial charge in [-0.3, -0.25) is 0 Å². The van der Waals surface area contributed by atoms with Crippen molar-refractivity contribution in [3.63, 3.8) is 0 Å². The van der Waals surface area contributed by atoms with E-state index in [1.807, 2.05) is 0 Å². The van der Waals surface area contributed by atoms with Crippen LogP contribution in [-0.2, 0) is 26.2 Å². The van der Waals surface area contributed by atoms with Crippen LogP contribution in [0.3, 0.4) is 0 Å². The molecule has 0 bridgehead atoms. The van der Waals surface area contributed by atoms with Crippen LogP contribution in [0.1, 0.15) is 45.2 Å². The fourth-order valence-corrected chi connectivity index (χ4v) is 10.2. The maximum absolute atomic E-state index is 3.82. The number of hydrogen-bond donors (Lipinski definition) is 0. The molecule has 34 heavy (non-hydrogen) atoms. The van der Waals surface area contributed by atoms with Gasteiger partial charge in [-0.1, -0.05) is 60.7 Å². The van der Waals surface area contributed by atoms with Gasteiger partial charge in [-0.15, -0.1) is 92.4 Å². The summed E-state index contributed by atoms with van der Waals surface area (Å²) in [7, 11) is -2.04. The maximum Gasteiger partial charge on any atom is 4.00 e. The molecule has 2 unspecified atom stereocenters. The number of rotatable bonds is 2. The van der Waals surface area contributed by atoms with E-state index in [0.717, 1.165) is 0 Å². The van der Waals surface area contributed by atoms with Crippen molar-refractivity contribution in [2.45, 2.75) is 38.8 Å². The molecule has 0 N–H and O–H groups in total. The van der Waals surface area contributed by atoms with E-state index in [4.69, 9.17) is 0 Å². The summed E-state index contributed by atoms with van der Waals surface area (Å²) < 4.78 is 0. The number of benzene rings is 2. The molecule has 0 fully saturated rings. The SMILES string of the molecule is Cc1ccc2c(c1[Si](C)(C)c1c(C)ccc3c1[C-]=C1C=CC=CC13)[C-]=C1C=CC=CC12.[Cl-].[Cl-].[Zr+4]. The Kier molecular flexibility index (Phi) is 7.91. The zero-order valence-corrected chi connectivity index (χ0v) is 24.8. The molecule has 4 aliphatic carbocycles. The smallest absolute Gasteiger partial charge is 1.00 e. The van der Waals surface area contributed by atoms with Gasteiger partial charge in [-0.25, -0.2) is 0 Å². The van der Waals surface area contributed by atoms with Crippen LogP contribution < -0.4 is 35.2 Å². The minimum absolute atomic E-state index is 0. The predicted octanol–water partition coefficient (Wildman–Crippen LogP) is -0.267. The van der Waals surface area contributed by atoms with Gasteiger partial charge in [-0.2, -0.15) is 0 Å². The van der Waals surface area contributed by atoms with Gasteiger partial charge >= 0.3 is 26.2 Å². The Morgan fingerprint density at radius 2 is 1.06 bits per heavy atom. The third-order valence-corrected chi connectivity index (χ3v) is 11.2. The quantitative estimate of drug-likeness (QED) is 0.342. The predicted molar refractivity (Wildman–Crippen MR) is 133 cm³/mol. The Labute approximate surface area is 236 Å². The van der Waals surface area contributed by atoms with Gasteiger partial charge in [0.1, 0.15) is 0 Å². The van der Waals surface area contributed by atoms with E-state index < -0.39 is 8.07 Å². The molecular formula is C30H26Cl2SiZr. The van der Waals surface area contributed by atoms with Crippen LogP contribution >= 0.6 is 0 Å². The second-order valence-corrected chi connectivity index (χ2v) is 13.9. The monoisotopic (exact) mass is 574 g/mol. The summed E-state index contributed by atoms with van der Waals surface area (Å²) in [5.41, 5.74) is 11.0. The summed E-state index contributed by atoms with van der Waals surface area (Å²) in [4.78, 5) is 0. The molecule has 2 atom stereocenters. The molecule has 0 amide bonds. The maximum atomic E-state index is 3.82. The second-order valence-electron chi connectivity index (χ2n) is 9.67.